The van der Waals surface area contributed by atoms with E-state index in [1.54, 1.807) is 32.2 Å². The molecule has 0 radical (unpaired) electrons. The van der Waals surface area contributed by atoms with Gasteiger partial charge in [-0.2, -0.15) is 0 Å². The van der Waals surface area contributed by atoms with Crippen LogP contribution in [0.25, 0.3) is 0 Å². The molecule has 0 aliphatic heterocycles. The topological polar surface area (TPSA) is 83.6 Å². The number of hydrogen-bond donors (Lipinski definition) is 2. The van der Waals surface area contributed by atoms with Crippen LogP contribution in [0.1, 0.15) is 12.5 Å². The Balaban J connectivity index is 2.86. The van der Waals surface area contributed by atoms with Gasteiger partial charge in [0.25, 0.3) is 0 Å². The Hall–Kier alpha value is -2.04. The van der Waals surface area contributed by atoms with Gasteiger partial charge < -0.3 is 10.8 Å². The Kier molecular flexibility index (Phi) is 4.09. The number of amides is 2. The molecule has 1 aromatic rings. The highest BCUT2D eigenvalue weighted by Gasteiger charge is 2.13. The molecule has 0 bridgehead atoms. The van der Waals surface area contributed by atoms with Crippen molar-refractivity contribution in [2.45, 2.75) is 13.3 Å². The molecule has 17 heavy (non-hydrogen) atoms. The van der Waals surface area contributed by atoms with E-state index >= 15 is 0 Å². The van der Waals surface area contributed by atoms with Crippen molar-refractivity contribution in [3.05, 3.63) is 29.8 Å². The summed E-state index contributed by atoms with van der Waals surface area (Å²) in [6.45, 7) is 1.65. The highest BCUT2D eigenvalue weighted by atomic mass is 16.4. The second-order valence-corrected chi connectivity index (χ2v) is 4.01. The lowest BCUT2D eigenvalue weighted by molar-refractivity contribution is -0.141. The molecule has 1 atom stereocenters. The smallest absolute Gasteiger partial charge is 0.318 e. The highest BCUT2D eigenvalue weighted by Crippen LogP contribution is 2.17. The minimum Gasteiger partial charge on any atom is -0.481 e. The predicted octanol–water partition coefficient (Wildman–Crippen LogP) is 1.46. The molecule has 0 aliphatic rings. The van der Waals surface area contributed by atoms with Crippen LogP contribution < -0.4 is 10.6 Å². The van der Waals surface area contributed by atoms with Gasteiger partial charge in [-0.3, -0.25) is 9.69 Å². The Bertz CT molecular complexity index is 432. The fourth-order valence-corrected chi connectivity index (χ4v) is 1.46. The maximum absolute atomic E-state index is 11.0. The summed E-state index contributed by atoms with van der Waals surface area (Å²) < 4.78 is 0. The van der Waals surface area contributed by atoms with Crippen molar-refractivity contribution in [1.29, 1.82) is 0 Å². The van der Waals surface area contributed by atoms with Crippen LogP contribution in [-0.2, 0) is 11.2 Å². The van der Waals surface area contributed by atoms with Crippen LogP contribution in [0.15, 0.2) is 24.3 Å². The minimum atomic E-state index is -0.835. The number of carbonyl (C=O) groups excluding carboxylic acids is 1. The van der Waals surface area contributed by atoms with E-state index in [1.807, 2.05) is 6.07 Å². The number of primary amides is 1. The van der Waals surface area contributed by atoms with Crippen LogP contribution in [-0.4, -0.2) is 24.2 Å². The van der Waals surface area contributed by atoms with Crippen molar-refractivity contribution in [3.8, 4) is 0 Å². The van der Waals surface area contributed by atoms with Crippen LogP contribution in [0, 0.1) is 5.92 Å². The van der Waals surface area contributed by atoms with Crippen molar-refractivity contribution < 1.29 is 14.7 Å². The summed E-state index contributed by atoms with van der Waals surface area (Å²) in [6.07, 6.45) is 0.426. The van der Waals surface area contributed by atoms with E-state index in [4.69, 9.17) is 10.8 Å². The van der Waals surface area contributed by atoms with Crippen molar-refractivity contribution in [2.24, 2.45) is 11.7 Å². The molecule has 1 unspecified atom stereocenters. The fourth-order valence-electron chi connectivity index (χ4n) is 1.46. The Morgan fingerprint density at radius 3 is 2.65 bits per heavy atom. The minimum absolute atomic E-state index is 0.426. The van der Waals surface area contributed by atoms with Crippen molar-refractivity contribution >= 4 is 17.7 Å². The third kappa shape index (κ3) is 3.48. The molecule has 0 fully saturated rings. The first-order valence-electron chi connectivity index (χ1n) is 5.26. The molecule has 1 aromatic carbocycles. The quantitative estimate of drug-likeness (QED) is 0.830. The molecule has 0 spiro atoms. The van der Waals surface area contributed by atoms with Crippen LogP contribution in [0.5, 0.6) is 0 Å². The Morgan fingerprint density at radius 1 is 1.47 bits per heavy atom. The van der Waals surface area contributed by atoms with Gasteiger partial charge in [0.1, 0.15) is 0 Å². The highest BCUT2D eigenvalue weighted by molar-refractivity contribution is 5.90. The molecule has 5 nitrogen and oxygen atoms in total. The molecule has 0 aromatic heterocycles. The summed E-state index contributed by atoms with van der Waals surface area (Å²) in [6, 6.07) is 6.58. The van der Waals surface area contributed by atoms with Crippen molar-refractivity contribution in [3.63, 3.8) is 0 Å². The Morgan fingerprint density at radius 2 is 2.12 bits per heavy atom. The van der Waals surface area contributed by atoms with Gasteiger partial charge in [-0.25, -0.2) is 4.79 Å². The van der Waals surface area contributed by atoms with Gasteiger partial charge in [-0.1, -0.05) is 19.1 Å². The number of rotatable bonds is 4. The van der Waals surface area contributed by atoms with Crippen LogP contribution >= 0.6 is 0 Å². The van der Waals surface area contributed by atoms with Gasteiger partial charge in [0.05, 0.1) is 5.92 Å². The standard InChI is InChI=1S/C12H16N2O3/c1-8(11(15)16)6-9-4-3-5-10(7-9)14(2)12(13)17/h3-5,7-8H,6H2,1-2H3,(H2,13,17)(H,15,16). The SMILES string of the molecule is CC(Cc1cccc(N(C)C(N)=O)c1)C(=O)O. The molecule has 0 saturated carbocycles. The molecular weight excluding hydrogens is 220 g/mol. The first-order valence-corrected chi connectivity index (χ1v) is 5.26. The molecule has 0 saturated heterocycles. The third-order valence-electron chi connectivity index (χ3n) is 2.59. The first kappa shape index (κ1) is 13.0. The fraction of sp³-hybridized carbons (Fsp3) is 0.333. The van der Waals surface area contributed by atoms with Crippen molar-refractivity contribution in [1.82, 2.24) is 0 Å². The average Bonchev–Trinajstić information content (AvgIpc) is 2.28. The molecular formula is C12H16N2O3. The lowest BCUT2D eigenvalue weighted by Gasteiger charge is -2.15. The van der Waals surface area contributed by atoms with Gasteiger partial charge in [-0.15, -0.1) is 0 Å². The van der Waals surface area contributed by atoms with E-state index in [2.05, 4.69) is 0 Å². The van der Waals surface area contributed by atoms with E-state index < -0.39 is 17.9 Å². The zero-order chi connectivity index (χ0) is 13.0. The second-order valence-electron chi connectivity index (χ2n) is 4.01. The lowest BCUT2D eigenvalue weighted by Crippen LogP contribution is -2.31. The van der Waals surface area contributed by atoms with Gasteiger partial charge in [-0.05, 0) is 24.1 Å². The number of urea groups is 1. The largest absolute Gasteiger partial charge is 0.481 e. The first-order chi connectivity index (χ1) is 7.91. The number of aliphatic carboxylic acids is 1. The molecule has 5 heteroatoms. The number of carboxylic acid groups (broad SMARTS) is 1. The number of hydrogen-bond acceptors (Lipinski definition) is 2. The zero-order valence-corrected chi connectivity index (χ0v) is 9.88. The van der Waals surface area contributed by atoms with Crippen LogP contribution in [0.2, 0.25) is 0 Å². The molecule has 0 heterocycles. The van der Waals surface area contributed by atoms with Gasteiger partial charge >= 0.3 is 12.0 Å². The number of carbonyl (C=O) groups is 2. The summed E-state index contributed by atoms with van der Waals surface area (Å²) >= 11 is 0. The van der Waals surface area contributed by atoms with E-state index in [9.17, 15) is 9.59 Å². The predicted molar refractivity (Wildman–Crippen MR) is 64.9 cm³/mol. The summed E-state index contributed by atoms with van der Waals surface area (Å²) in [7, 11) is 1.57. The maximum Gasteiger partial charge on any atom is 0.318 e. The molecule has 2 amide bonds. The number of carboxylic acids is 1. The summed E-state index contributed by atoms with van der Waals surface area (Å²) in [5.41, 5.74) is 6.69. The number of benzene rings is 1. The number of nitrogens with two attached hydrogens (primary N) is 1. The number of anilines is 1. The summed E-state index contributed by atoms with van der Waals surface area (Å²) in [5.74, 6) is -1.29. The third-order valence-corrected chi connectivity index (χ3v) is 2.59. The lowest BCUT2D eigenvalue weighted by atomic mass is 10.0. The zero-order valence-electron chi connectivity index (χ0n) is 9.88. The van der Waals surface area contributed by atoms with Gasteiger partial charge in [0.2, 0.25) is 0 Å². The van der Waals surface area contributed by atoms with Gasteiger partial charge in [0.15, 0.2) is 0 Å². The summed E-state index contributed by atoms with van der Waals surface area (Å²) in [5, 5.41) is 8.83. The normalized spacial score (nSPS) is 11.9. The monoisotopic (exact) mass is 236 g/mol. The summed E-state index contributed by atoms with van der Waals surface area (Å²) in [4.78, 5) is 23.1. The van der Waals surface area contributed by atoms with E-state index in [0.29, 0.717) is 12.1 Å². The molecule has 92 valence electrons. The molecule has 0 aliphatic carbocycles. The average molecular weight is 236 g/mol. The van der Waals surface area contributed by atoms with Crippen LogP contribution in [0.4, 0.5) is 10.5 Å². The molecule has 1 rings (SSSR count). The molecule has 3 N–H and O–H groups in total. The van der Waals surface area contributed by atoms with E-state index in [1.165, 1.54) is 4.90 Å². The maximum atomic E-state index is 11.0. The van der Waals surface area contributed by atoms with Crippen molar-refractivity contribution in [2.75, 3.05) is 11.9 Å². The number of nitrogens with zero attached hydrogens (tertiary/aromatic N) is 1. The Labute approximate surface area is 99.8 Å². The van der Waals surface area contributed by atoms with E-state index in [-0.39, 0.29) is 0 Å². The van der Waals surface area contributed by atoms with Crippen LogP contribution in [0.3, 0.4) is 0 Å². The second kappa shape index (κ2) is 5.34. The van der Waals surface area contributed by atoms with Gasteiger partial charge in [0, 0.05) is 12.7 Å². The van der Waals surface area contributed by atoms with E-state index in [0.717, 1.165) is 5.56 Å².